The quantitative estimate of drug-likeness (QED) is 0.144. The lowest BCUT2D eigenvalue weighted by Gasteiger charge is -2.21. The molecule has 0 fully saturated rings. The van der Waals surface area contributed by atoms with Crippen LogP contribution in [0.15, 0.2) is 110 Å². The Morgan fingerprint density at radius 3 is 2.10 bits per heavy atom. The Bertz CT molecular complexity index is 2340. The number of hydrogen-bond acceptors (Lipinski definition) is 3. The normalized spacial score (nSPS) is 12.2. The van der Waals surface area contributed by atoms with E-state index in [0.29, 0.717) is 17.8 Å². The van der Waals surface area contributed by atoms with Crippen LogP contribution in [0.2, 0.25) is 0 Å². The van der Waals surface area contributed by atoms with Gasteiger partial charge in [-0.25, -0.2) is 9.67 Å². The molecule has 5 heteroatoms. The Balaban J connectivity index is 1.31. The number of nitrogens with zero attached hydrogens (tertiary/aromatic N) is 4. The molecule has 0 aliphatic rings. The van der Waals surface area contributed by atoms with E-state index in [-0.39, 0.29) is 5.41 Å². The lowest BCUT2D eigenvalue weighted by Crippen LogP contribution is -2.12. The first-order valence-electron chi connectivity index (χ1n) is 18.8. The van der Waals surface area contributed by atoms with E-state index < -0.39 is 0 Å². The van der Waals surface area contributed by atoms with Crippen LogP contribution < -0.4 is 4.74 Å². The van der Waals surface area contributed by atoms with Gasteiger partial charge in [-0.3, -0.25) is 4.57 Å². The third-order valence-electron chi connectivity index (χ3n) is 9.93. The molecule has 3 heterocycles. The standard InChI is InChI=1S/C47H52N4O/c1-30(2)21-34-13-12-14-35(22-31(3)4)46(34)36-28-49-50(29-36)38-24-37(47(7,8)9)25-40(26-38)52-39-17-18-42-41-15-10-11-16-43(41)51(44(42)27-39)45-23-33(32(5)6)19-20-48-45/h10-20,23-32H,21-22H2,1-9H3. The molecule has 0 bridgehead atoms. The van der Waals surface area contributed by atoms with Crippen LogP contribution in [0.5, 0.6) is 11.5 Å². The highest BCUT2D eigenvalue weighted by atomic mass is 16.5. The highest BCUT2D eigenvalue weighted by molar-refractivity contribution is 6.09. The molecule has 0 unspecified atom stereocenters. The van der Waals surface area contributed by atoms with Gasteiger partial charge in [0.25, 0.3) is 0 Å². The zero-order valence-electron chi connectivity index (χ0n) is 32.2. The molecule has 0 saturated carbocycles. The van der Waals surface area contributed by atoms with Crippen molar-refractivity contribution in [2.75, 3.05) is 0 Å². The van der Waals surface area contributed by atoms with Crippen molar-refractivity contribution in [1.82, 2.24) is 19.3 Å². The van der Waals surface area contributed by atoms with Gasteiger partial charge in [0.2, 0.25) is 0 Å². The predicted molar refractivity (Wildman–Crippen MR) is 218 cm³/mol. The Labute approximate surface area is 309 Å². The van der Waals surface area contributed by atoms with Gasteiger partial charge in [0.15, 0.2) is 0 Å². The maximum Gasteiger partial charge on any atom is 0.137 e. The number of fused-ring (bicyclic) bond motifs is 3. The molecule has 7 rings (SSSR count). The van der Waals surface area contributed by atoms with Crippen LogP contribution in [0.25, 0.3) is 44.4 Å². The van der Waals surface area contributed by atoms with Crippen LogP contribution in [0.3, 0.4) is 0 Å². The fraction of sp³-hybridized carbons (Fsp3) is 0.319. The Kier molecular flexibility index (Phi) is 9.56. The van der Waals surface area contributed by atoms with Crippen LogP contribution in [0.1, 0.15) is 90.5 Å². The van der Waals surface area contributed by atoms with E-state index in [1.165, 1.54) is 38.6 Å². The number of ether oxygens (including phenoxy) is 1. The average Bonchev–Trinajstić information content (AvgIpc) is 3.70. The zero-order valence-corrected chi connectivity index (χ0v) is 32.2. The highest BCUT2D eigenvalue weighted by Crippen LogP contribution is 2.38. The SMILES string of the molecule is CC(C)Cc1cccc(CC(C)C)c1-c1cnn(-c2cc(Oc3ccc4c5ccccc5n(-c5cc(C(C)C)ccn5)c4c3)cc(C(C)(C)C)c2)c1. The molecule has 0 radical (unpaired) electrons. The second-order valence-electron chi connectivity index (χ2n) is 16.5. The van der Waals surface area contributed by atoms with Crippen LogP contribution in [-0.2, 0) is 18.3 Å². The van der Waals surface area contributed by atoms with Gasteiger partial charge < -0.3 is 4.74 Å². The number of benzene rings is 4. The summed E-state index contributed by atoms with van der Waals surface area (Å²) in [6.07, 6.45) is 8.21. The summed E-state index contributed by atoms with van der Waals surface area (Å²) in [6, 6.07) is 32.6. The molecule has 0 saturated heterocycles. The number of hydrogen-bond donors (Lipinski definition) is 0. The van der Waals surface area contributed by atoms with E-state index in [1.807, 2.05) is 17.1 Å². The predicted octanol–water partition coefficient (Wildman–Crippen LogP) is 12.6. The van der Waals surface area contributed by atoms with E-state index in [2.05, 4.69) is 164 Å². The molecule has 7 aromatic rings. The molecule has 0 spiro atoms. The molecule has 3 aromatic heterocycles. The summed E-state index contributed by atoms with van der Waals surface area (Å²) >= 11 is 0. The largest absolute Gasteiger partial charge is 0.457 e. The Morgan fingerprint density at radius 1 is 0.692 bits per heavy atom. The summed E-state index contributed by atoms with van der Waals surface area (Å²) in [5, 5.41) is 7.32. The van der Waals surface area contributed by atoms with Crippen molar-refractivity contribution in [3.05, 3.63) is 132 Å². The van der Waals surface area contributed by atoms with Crippen molar-refractivity contribution in [3.63, 3.8) is 0 Å². The third kappa shape index (κ3) is 7.14. The molecular formula is C47H52N4O. The van der Waals surface area contributed by atoms with Crippen molar-refractivity contribution in [2.24, 2.45) is 11.8 Å². The summed E-state index contributed by atoms with van der Waals surface area (Å²) in [7, 11) is 0. The van der Waals surface area contributed by atoms with Gasteiger partial charge in [-0.05, 0) is 106 Å². The minimum absolute atomic E-state index is 0.0954. The van der Waals surface area contributed by atoms with E-state index in [4.69, 9.17) is 14.8 Å². The molecule has 0 N–H and O–H groups in total. The van der Waals surface area contributed by atoms with Crippen LogP contribution in [-0.4, -0.2) is 19.3 Å². The molecule has 0 aliphatic heterocycles. The van der Waals surface area contributed by atoms with Gasteiger partial charge >= 0.3 is 0 Å². The number of rotatable bonds is 10. The van der Waals surface area contributed by atoms with Gasteiger partial charge in [0.05, 0.1) is 22.9 Å². The third-order valence-corrected chi connectivity index (χ3v) is 9.93. The van der Waals surface area contributed by atoms with E-state index in [9.17, 15) is 0 Å². The molecule has 5 nitrogen and oxygen atoms in total. The maximum atomic E-state index is 6.78. The molecular weight excluding hydrogens is 637 g/mol. The van der Waals surface area contributed by atoms with E-state index >= 15 is 0 Å². The van der Waals surface area contributed by atoms with Crippen LogP contribution in [0.4, 0.5) is 0 Å². The minimum Gasteiger partial charge on any atom is -0.457 e. The fourth-order valence-electron chi connectivity index (χ4n) is 7.36. The number of para-hydroxylation sites is 1. The summed E-state index contributed by atoms with van der Waals surface area (Å²) in [6.45, 7) is 20.3. The van der Waals surface area contributed by atoms with E-state index in [0.717, 1.165) is 52.4 Å². The second kappa shape index (κ2) is 14.1. The number of aromatic nitrogens is 4. The van der Waals surface area contributed by atoms with Crippen molar-refractivity contribution in [3.8, 4) is 34.1 Å². The molecule has 266 valence electrons. The second-order valence-corrected chi connectivity index (χ2v) is 16.5. The first-order valence-corrected chi connectivity index (χ1v) is 18.8. The van der Waals surface area contributed by atoms with Crippen LogP contribution in [0, 0.1) is 11.8 Å². The van der Waals surface area contributed by atoms with E-state index in [1.54, 1.807) is 0 Å². The van der Waals surface area contributed by atoms with Gasteiger partial charge in [-0.1, -0.05) is 98.7 Å². The van der Waals surface area contributed by atoms with Gasteiger partial charge in [0.1, 0.15) is 17.3 Å². The lowest BCUT2D eigenvalue weighted by molar-refractivity contribution is 0.478. The van der Waals surface area contributed by atoms with Crippen molar-refractivity contribution < 1.29 is 4.74 Å². The van der Waals surface area contributed by atoms with Crippen molar-refractivity contribution >= 4 is 21.8 Å². The highest BCUT2D eigenvalue weighted by Gasteiger charge is 2.20. The molecule has 0 amide bonds. The summed E-state index contributed by atoms with van der Waals surface area (Å²) in [5.41, 5.74) is 10.8. The fourth-order valence-corrected chi connectivity index (χ4v) is 7.36. The molecule has 0 atom stereocenters. The van der Waals surface area contributed by atoms with Crippen molar-refractivity contribution in [2.45, 2.75) is 86.5 Å². The maximum absolute atomic E-state index is 6.78. The smallest absolute Gasteiger partial charge is 0.137 e. The first kappa shape index (κ1) is 35.3. The van der Waals surface area contributed by atoms with Crippen molar-refractivity contribution in [1.29, 1.82) is 0 Å². The Morgan fingerprint density at radius 2 is 1.40 bits per heavy atom. The summed E-state index contributed by atoms with van der Waals surface area (Å²) in [4.78, 5) is 4.84. The number of pyridine rings is 1. The Hall–Kier alpha value is -5.16. The van der Waals surface area contributed by atoms with Gasteiger partial charge in [-0.2, -0.15) is 5.10 Å². The van der Waals surface area contributed by atoms with Gasteiger partial charge in [0, 0.05) is 40.9 Å². The average molecular weight is 689 g/mol. The summed E-state index contributed by atoms with van der Waals surface area (Å²) in [5.74, 6) is 3.99. The molecule has 52 heavy (non-hydrogen) atoms. The molecule has 4 aromatic carbocycles. The lowest BCUT2D eigenvalue weighted by atomic mass is 9.86. The summed E-state index contributed by atoms with van der Waals surface area (Å²) < 4.78 is 11.0. The monoisotopic (exact) mass is 688 g/mol. The minimum atomic E-state index is -0.0954. The zero-order chi connectivity index (χ0) is 36.7. The first-order chi connectivity index (χ1) is 24.9. The topological polar surface area (TPSA) is 44.9 Å². The molecule has 0 aliphatic carbocycles. The van der Waals surface area contributed by atoms with Gasteiger partial charge in [-0.15, -0.1) is 0 Å². The van der Waals surface area contributed by atoms with Crippen LogP contribution >= 0.6 is 0 Å².